The van der Waals surface area contributed by atoms with E-state index in [9.17, 15) is 28.8 Å². The third-order valence-electron chi connectivity index (χ3n) is 12.6. The van der Waals surface area contributed by atoms with Gasteiger partial charge in [0.05, 0.1) is 12.1 Å². The van der Waals surface area contributed by atoms with Crippen molar-refractivity contribution in [1.82, 2.24) is 31.1 Å². The first-order valence-electron chi connectivity index (χ1n) is 19.6. The normalized spacial score (nSPS) is 25.0. The monoisotopic (exact) mass is 730 g/mol. The van der Waals surface area contributed by atoms with Gasteiger partial charge in [-0.2, -0.15) is 0 Å². The highest BCUT2D eigenvalue weighted by molar-refractivity contribution is 6.38. The van der Waals surface area contributed by atoms with Crippen molar-refractivity contribution in [2.24, 2.45) is 34.5 Å². The van der Waals surface area contributed by atoms with Crippen LogP contribution < -0.4 is 21.3 Å². The van der Waals surface area contributed by atoms with E-state index >= 15 is 0 Å². The van der Waals surface area contributed by atoms with Crippen LogP contribution in [0, 0.1) is 34.5 Å². The van der Waals surface area contributed by atoms with E-state index in [0.29, 0.717) is 45.3 Å². The molecule has 0 aromatic heterocycles. The predicted molar refractivity (Wildman–Crippen MR) is 200 cm³/mol. The van der Waals surface area contributed by atoms with E-state index in [-0.39, 0.29) is 58.9 Å². The van der Waals surface area contributed by atoms with Crippen LogP contribution in [0.4, 0.5) is 4.79 Å². The fraction of sp³-hybridized carbons (Fsp3) is 0.659. The van der Waals surface area contributed by atoms with Crippen LogP contribution in [0.25, 0.3) is 0 Å². The molecule has 2 heterocycles. The van der Waals surface area contributed by atoms with Crippen molar-refractivity contribution < 1.29 is 28.8 Å². The number of ketones is 1. The lowest BCUT2D eigenvalue weighted by Gasteiger charge is -2.38. The second-order valence-electron chi connectivity index (χ2n) is 17.7. The molecule has 4 fully saturated rings. The van der Waals surface area contributed by atoms with E-state index in [1.54, 1.807) is 4.90 Å². The number of urea groups is 1. The number of nitrogens with one attached hydrogen (secondary N) is 4. The molecule has 4 N–H and O–H groups in total. The van der Waals surface area contributed by atoms with Crippen molar-refractivity contribution in [1.29, 1.82) is 0 Å². The molecule has 5 aliphatic rings. The Morgan fingerprint density at radius 1 is 1.00 bits per heavy atom. The first kappa shape index (κ1) is 38.5. The summed E-state index contributed by atoms with van der Waals surface area (Å²) in [7, 11) is 0. The van der Waals surface area contributed by atoms with Crippen LogP contribution in [-0.2, 0) is 36.8 Å². The topological polar surface area (TPSA) is 157 Å². The van der Waals surface area contributed by atoms with Crippen LogP contribution in [0.15, 0.2) is 36.9 Å². The van der Waals surface area contributed by atoms with Gasteiger partial charge in [-0.25, -0.2) is 4.79 Å². The number of Topliss-reactive ketones (excluding diaryl/α,β-unsaturated/α-hetero) is 1. The van der Waals surface area contributed by atoms with Crippen LogP contribution in [0.2, 0.25) is 0 Å². The molecule has 6 rings (SSSR count). The van der Waals surface area contributed by atoms with Crippen molar-refractivity contribution >= 4 is 35.4 Å². The minimum Gasteiger partial charge on any atom is -0.346 e. The van der Waals surface area contributed by atoms with Crippen LogP contribution in [0.1, 0.15) is 84.3 Å². The minimum absolute atomic E-state index is 0.0817. The second-order valence-corrected chi connectivity index (χ2v) is 17.7. The summed E-state index contributed by atoms with van der Waals surface area (Å²) in [5, 5.41) is 11.6. The van der Waals surface area contributed by atoms with E-state index in [1.165, 1.54) is 6.08 Å². The van der Waals surface area contributed by atoms with E-state index in [0.717, 1.165) is 36.8 Å². The zero-order valence-electron chi connectivity index (χ0n) is 32.0. The summed E-state index contributed by atoms with van der Waals surface area (Å²) in [6.07, 6.45) is 7.21. The molecule has 0 radical (unpaired) electrons. The SMILES string of the molecule is C=CCNC(=O)C(=O)C(CC1CC1)NC(=O)[C@@H]1[C@@H]2[C@H](CN1C(=O)[C@@H](NC(=O)N[C@H](CN1CCCCC1=O)C(C)(C)C)C1Cc3ccccc3C1)C2(C)C. The maximum atomic E-state index is 14.9. The Morgan fingerprint density at radius 2 is 1.68 bits per heavy atom. The van der Waals surface area contributed by atoms with Crippen LogP contribution in [0.3, 0.4) is 0 Å². The number of rotatable bonds is 14. The number of likely N-dealkylation sites (tertiary alicyclic amines) is 2. The first-order valence-corrected chi connectivity index (χ1v) is 19.6. The lowest BCUT2D eigenvalue weighted by atomic mass is 9.86. The maximum Gasteiger partial charge on any atom is 0.315 e. The molecule has 0 spiro atoms. The molecule has 3 aliphatic carbocycles. The molecule has 288 valence electrons. The number of nitrogens with zero attached hydrogens (tertiary/aromatic N) is 2. The average molecular weight is 731 g/mol. The van der Waals surface area contributed by atoms with Crippen LogP contribution in [0.5, 0.6) is 0 Å². The first-order chi connectivity index (χ1) is 25.1. The van der Waals surface area contributed by atoms with E-state index in [2.05, 4.69) is 41.7 Å². The lowest BCUT2D eigenvalue weighted by Crippen LogP contribution is -2.62. The number of amides is 6. The van der Waals surface area contributed by atoms with Crippen molar-refractivity contribution in [2.75, 3.05) is 26.2 Å². The van der Waals surface area contributed by atoms with E-state index < -0.39 is 41.8 Å². The zero-order chi connectivity index (χ0) is 38.2. The summed E-state index contributed by atoms with van der Waals surface area (Å²) < 4.78 is 0. The quantitative estimate of drug-likeness (QED) is 0.170. The molecule has 2 saturated heterocycles. The number of hydrogen-bond donors (Lipinski definition) is 4. The van der Waals surface area contributed by atoms with Crippen molar-refractivity contribution in [3.8, 4) is 0 Å². The number of hydrogen-bond acceptors (Lipinski definition) is 6. The lowest BCUT2D eigenvalue weighted by molar-refractivity contribution is -0.144. The number of carbonyl (C=O) groups excluding carboxylic acids is 6. The highest BCUT2D eigenvalue weighted by atomic mass is 16.2. The van der Waals surface area contributed by atoms with Gasteiger partial charge in [-0.05, 0) is 77.7 Å². The van der Waals surface area contributed by atoms with Crippen molar-refractivity contribution in [3.05, 3.63) is 48.0 Å². The van der Waals surface area contributed by atoms with Gasteiger partial charge in [0.1, 0.15) is 12.1 Å². The smallest absolute Gasteiger partial charge is 0.315 e. The van der Waals surface area contributed by atoms with Crippen LogP contribution in [-0.4, -0.2) is 95.6 Å². The van der Waals surface area contributed by atoms with Crippen molar-refractivity contribution in [3.63, 3.8) is 0 Å². The number of carbonyl (C=O) groups is 6. The molecule has 1 aromatic rings. The molecule has 0 bridgehead atoms. The van der Waals surface area contributed by atoms with Crippen molar-refractivity contribution in [2.45, 2.75) is 110 Å². The highest BCUT2D eigenvalue weighted by Gasteiger charge is 2.70. The summed E-state index contributed by atoms with van der Waals surface area (Å²) in [5.74, 6) is -2.18. The molecule has 2 aliphatic heterocycles. The summed E-state index contributed by atoms with van der Waals surface area (Å²) in [6, 6.07) is 4.41. The van der Waals surface area contributed by atoms with Crippen LogP contribution >= 0.6 is 0 Å². The maximum absolute atomic E-state index is 14.9. The molecular formula is C41H58N6O6. The van der Waals surface area contributed by atoms with Gasteiger partial charge in [-0.3, -0.25) is 24.0 Å². The van der Waals surface area contributed by atoms with Gasteiger partial charge >= 0.3 is 6.03 Å². The fourth-order valence-corrected chi connectivity index (χ4v) is 8.94. The Hall–Kier alpha value is -4.22. The number of fused-ring (bicyclic) bond motifs is 2. The molecule has 12 heteroatoms. The van der Waals surface area contributed by atoms with Gasteiger partial charge in [-0.15, -0.1) is 6.58 Å². The standard InChI is InChI=1S/C41H58N6O6/c1-7-17-42-37(51)35(49)29(19-24-15-16-24)43-36(50)34-32-28(41(32,5)6)22-47(34)38(52)33(27-20-25-12-8-9-13-26(25)21-27)45-39(53)44-30(40(2,3)4)23-46-18-11-10-14-31(46)48/h7-9,12-13,24,27-30,32-34H,1,10-11,14-23H2,2-6H3,(H,42,51)(H,43,50)(H2,44,45,53)/t28-,29?,30+,32-,33-,34-/m0/s1. The van der Waals surface area contributed by atoms with Gasteiger partial charge in [0, 0.05) is 32.6 Å². The zero-order valence-corrected chi connectivity index (χ0v) is 32.0. The molecule has 2 saturated carbocycles. The Balaban J connectivity index is 1.23. The van der Waals surface area contributed by atoms with Gasteiger partial charge in [0.15, 0.2) is 0 Å². The molecule has 12 nitrogen and oxygen atoms in total. The summed E-state index contributed by atoms with van der Waals surface area (Å²) >= 11 is 0. The highest BCUT2D eigenvalue weighted by Crippen LogP contribution is 2.65. The molecule has 53 heavy (non-hydrogen) atoms. The predicted octanol–water partition coefficient (Wildman–Crippen LogP) is 3.14. The Morgan fingerprint density at radius 3 is 2.28 bits per heavy atom. The third-order valence-corrected chi connectivity index (χ3v) is 12.6. The van der Waals surface area contributed by atoms with E-state index in [1.807, 2.05) is 49.9 Å². The van der Waals surface area contributed by atoms with Gasteiger partial charge in [0.25, 0.3) is 5.91 Å². The fourth-order valence-electron chi connectivity index (χ4n) is 8.94. The van der Waals surface area contributed by atoms with E-state index in [4.69, 9.17) is 0 Å². The molecule has 1 unspecified atom stereocenters. The second kappa shape index (κ2) is 15.3. The minimum atomic E-state index is -0.997. The summed E-state index contributed by atoms with van der Waals surface area (Å²) in [4.78, 5) is 85.3. The molecule has 6 amide bonds. The Bertz CT molecular complexity index is 1610. The largest absolute Gasteiger partial charge is 0.346 e. The number of benzene rings is 1. The number of piperidine rings is 2. The molecule has 1 aromatic carbocycles. The Kier molecular flexibility index (Phi) is 11.1. The van der Waals surface area contributed by atoms with Gasteiger partial charge < -0.3 is 31.1 Å². The third kappa shape index (κ3) is 8.46. The van der Waals surface area contributed by atoms with Gasteiger partial charge in [0.2, 0.25) is 23.5 Å². The summed E-state index contributed by atoms with van der Waals surface area (Å²) in [6.45, 7) is 15.4. The molecular weight excluding hydrogens is 672 g/mol. The molecule has 6 atom stereocenters. The average Bonchev–Trinajstić information content (AvgIpc) is 3.87. The van der Waals surface area contributed by atoms with Gasteiger partial charge in [-0.1, -0.05) is 77.8 Å². The summed E-state index contributed by atoms with van der Waals surface area (Å²) in [5.41, 5.74) is 1.69. The Labute approximate surface area is 313 Å².